The van der Waals surface area contributed by atoms with Gasteiger partial charge in [0.1, 0.15) is 18.0 Å². The number of carbonyl (C=O) groups excluding carboxylic acids is 1. The molecule has 1 aromatic heterocycles. The summed E-state index contributed by atoms with van der Waals surface area (Å²) in [6.07, 6.45) is 2.12. The Morgan fingerprint density at radius 2 is 2.32 bits per heavy atom. The van der Waals surface area contributed by atoms with E-state index in [4.69, 9.17) is 5.73 Å². The largest absolute Gasteiger partial charge is 0.398 e. The first-order chi connectivity index (χ1) is 9.08. The molecule has 0 unspecified atom stereocenters. The maximum Gasteiger partial charge on any atom is 0.253 e. The Hall–Kier alpha value is -2.44. The Morgan fingerprint density at radius 3 is 3.00 bits per heavy atom. The zero-order valence-electron chi connectivity index (χ0n) is 10.4. The smallest absolute Gasteiger partial charge is 0.253 e. The second-order valence-electron chi connectivity index (χ2n) is 4.10. The van der Waals surface area contributed by atoms with E-state index in [0.29, 0.717) is 13.0 Å². The summed E-state index contributed by atoms with van der Waals surface area (Å²) in [5.74, 6) is -0.140. The Bertz CT molecular complexity index is 596. The molecular weight excluding hydrogens is 249 g/mol. The average molecular weight is 263 g/mol. The topological polar surface area (TPSA) is 85.8 Å². The third-order valence-corrected chi connectivity index (χ3v) is 2.70. The summed E-state index contributed by atoms with van der Waals surface area (Å²) in [7, 11) is 1.82. The van der Waals surface area contributed by atoms with E-state index in [2.05, 4.69) is 15.5 Å². The van der Waals surface area contributed by atoms with Gasteiger partial charge in [-0.05, 0) is 18.2 Å². The van der Waals surface area contributed by atoms with Crippen LogP contribution in [0.5, 0.6) is 0 Å². The van der Waals surface area contributed by atoms with Gasteiger partial charge in [-0.2, -0.15) is 0 Å². The Morgan fingerprint density at radius 1 is 1.53 bits per heavy atom. The number of anilines is 1. The number of amides is 1. The normalized spacial score (nSPS) is 10.4. The van der Waals surface area contributed by atoms with Crippen molar-refractivity contribution < 1.29 is 9.18 Å². The van der Waals surface area contributed by atoms with E-state index in [1.807, 2.05) is 7.05 Å². The number of nitrogens with two attached hydrogens (primary N) is 1. The molecule has 1 amide bonds. The molecule has 1 heterocycles. The lowest BCUT2D eigenvalue weighted by Crippen LogP contribution is -2.27. The fourth-order valence-electron chi connectivity index (χ4n) is 1.64. The predicted molar refractivity (Wildman–Crippen MR) is 67.9 cm³/mol. The van der Waals surface area contributed by atoms with Crippen molar-refractivity contribution in [3.63, 3.8) is 0 Å². The number of carbonyl (C=O) groups is 1. The van der Waals surface area contributed by atoms with E-state index >= 15 is 0 Å². The zero-order chi connectivity index (χ0) is 13.8. The van der Waals surface area contributed by atoms with Crippen LogP contribution in [-0.2, 0) is 13.5 Å². The van der Waals surface area contributed by atoms with Crippen LogP contribution >= 0.6 is 0 Å². The van der Waals surface area contributed by atoms with Crippen LogP contribution < -0.4 is 11.1 Å². The third kappa shape index (κ3) is 3.06. The minimum absolute atomic E-state index is 0.137. The van der Waals surface area contributed by atoms with Gasteiger partial charge >= 0.3 is 0 Å². The number of halogens is 1. The van der Waals surface area contributed by atoms with Crippen molar-refractivity contribution in [3.05, 3.63) is 41.7 Å². The molecule has 7 heteroatoms. The van der Waals surface area contributed by atoms with Crippen molar-refractivity contribution in [1.29, 1.82) is 0 Å². The van der Waals surface area contributed by atoms with Crippen LogP contribution in [-0.4, -0.2) is 27.2 Å². The highest BCUT2D eigenvalue weighted by Crippen LogP contribution is 2.12. The molecule has 0 bridgehead atoms. The molecule has 19 heavy (non-hydrogen) atoms. The summed E-state index contributed by atoms with van der Waals surface area (Å²) < 4.78 is 14.8. The quantitative estimate of drug-likeness (QED) is 0.787. The standard InChI is InChI=1S/C12H14FN5O/c1-18-7-16-17-11(18)4-5-15-12(19)9-6-8(13)2-3-10(9)14/h2-3,6-7H,4-5,14H2,1H3,(H,15,19). The molecule has 3 N–H and O–H groups in total. The van der Waals surface area contributed by atoms with Gasteiger partial charge < -0.3 is 15.6 Å². The molecule has 0 aliphatic carbocycles. The molecule has 0 saturated heterocycles. The monoisotopic (exact) mass is 263 g/mol. The Kier molecular flexibility index (Phi) is 3.74. The van der Waals surface area contributed by atoms with Crippen LogP contribution in [0.4, 0.5) is 10.1 Å². The molecule has 0 aliphatic rings. The minimum Gasteiger partial charge on any atom is -0.398 e. The van der Waals surface area contributed by atoms with Crippen LogP contribution in [0.2, 0.25) is 0 Å². The van der Waals surface area contributed by atoms with Crippen LogP contribution in [0.25, 0.3) is 0 Å². The van der Waals surface area contributed by atoms with Crippen LogP contribution in [0.1, 0.15) is 16.2 Å². The summed E-state index contributed by atoms with van der Waals surface area (Å²) in [5.41, 5.74) is 6.01. The number of rotatable bonds is 4. The van der Waals surface area contributed by atoms with E-state index in [0.717, 1.165) is 11.9 Å². The average Bonchev–Trinajstić information content (AvgIpc) is 2.78. The lowest BCUT2D eigenvalue weighted by atomic mass is 10.1. The summed E-state index contributed by atoms with van der Waals surface area (Å²) in [5, 5.41) is 10.3. The van der Waals surface area contributed by atoms with Crippen molar-refractivity contribution >= 4 is 11.6 Å². The van der Waals surface area contributed by atoms with Crippen molar-refractivity contribution in [1.82, 2.24) is 20.1 Å². The van der Waals surface area contributed by atoms with Gasteiger partial charge in [-0.25, -0.2) is 4.39 Å². The number of hydrogen-bond donors (Lipinski definition) is 2. The fraction of sp³-hybridized carbons (Fsp3) is 0.250. The molecule has 0 spiro atoms. The molecule has 100 valence electrons. The number of benzene rings is 1. The first kappa shape index (κ1) is 13.0. The van der Waals surface area contributed by atoms with Crippen LogP contribution in [0, 0.1) is 5.82 Å². The van der Waals surface area contributed by atoms with Gasteiger partial charge in [0.05, 0.1) is 5.56 Å². The second-order valence-corrected chi connectivity index (χ2v) is 4.10. The number of aryl methyl sites for hydroxylation is 1. The maximum atomic E-state index is 13.0. The molecule has 0 atom stereocenters. The molecule has 0 fully saturated rings. The van der Waals surface area contributed by atoms with Gasteiger partial charge in [-0.15, -0.1) is 10.2 Å². The molecule has 0 radical (unpaired) electrons. The van der Waals surface area contributed by atoms with Gasteiger partial charge in [0.2, 0.25) is 0 Å². The lowest BCUT2D eigenvalue weighted by Gasteiger charge is -2.07. The summed E-state index contributed by atoms with van der Waals surface area (Å²) in [4.78, 5) is 11.8. The second kappa shape index (κ2) is 5.47. The first-order valence-electron chi connectivity index (χ1n) is 5.74. The van der Waals surface area contributed by atoms with Crippen molar-refractivity contribution in [2.45, 2.75) is 6.42 Å². The maximum absolute atomic E-state index is 13.0. The summed E-state index contributed by atoms with van der Waals surface area (Å²) in [6, 6.07) is 3.70. The van der Waals surface area contributed by atoms with E-state index in [9.17, 15) is 9.18 Å². The van der Waals surface area contributed by atoms with Gasteiger partial charge in [-0.3, -0.25) is 4.79 Å². The number of nitrogens with one attached hydrogen (secondary N) is 1. The van der Waals surface area contributed by atoms with Crippen molar-refractivity contribution in [2.24, 2.45) is 7.05 Å². The molecule has 1 aromatic carbocycles. The number of nitrogen functional groups attached to an aromatic ring is 1. The highest BCUT2D eigenvalue weighted by atomic mass is 19.1. The predicted octanol–water partition coefficient (Wildman–Crippen LogP) is 0.509. The molecule has 0 saturated carbocycles. The van der Waals surface area contributed by atoms with Crippen LogP contribution in [0.3, 0.4) is 0 Å². The molecule has 2 rings (SSSR count). The van der Waals surface area contributed by atoms with Crippen LogP contribution in [0.15, 0.2) is 24.5 Å². The molecule has 2 aromatic rings. The first-order valence-corrected chi connectivity index (χ1v) is 5.74. The van der Waals surface area contributed by atoms with E-state index in [1.54, 1.807) is 10.9 Å². The van der Waals surface area contributed by atoms with Gasteiger partial charge in [0.25, 0.3) is 5.91 Å². The van der Waals surface area contributed by atoms with Crippen molar-refractivity contribution in [3.8, 4) is 0 Å². The number of nitrogens with zero attached hydrogens (tertiary/aromatic N) is 3. The molecule has 6 nitrogen and oxygen atoms in total. The summed E-state index contributed by atoms with van der Waals surface area (Å²) >= 11 is 0. The van der Waals surface area contributed by atoms with E-state index in [1.165, 1.54) is 12.1 Å². The number of hydrogen-bond acceptors (Lipinski definition) is 4. The minimum atomic E-state index is -0.493. The summed E-state index contributed by atoms with van der Waals surface area (Å²) in [6.45, 7) is 0.376. The highest BCUT2D eigenvalue weighted by Gasteiger charge is 2.10. The van der Waals surface area contributed by atoms with E-state index in [-0.39, 0.29) is 11.3 Å². The van der Waals surface area contributed by atoms with Gasteiger partial charge in [0.15, 0.2) is 0 Å². The molecular formula is C12H14FN5O. The SMILES string of the molecule is Cn1cnnc1CCNC(=O)c1cc(F)ccc1N. The van der Waals surface area contributed by atoms with E-state index < -0.39 is 11.7 Å². The lowest BCUT2D eigenvalue weighted by molar-refractivity contribution is 0.0954. The van der Waals surface area contributed by atoms with Gasteiger partial charge in [0, 0.05) is 25.7 Å². The Labute approximate surface area is 109 Å². The third-order valence-electron chi connectivity index (χ3n) is 2.70. The zero-order valence-corrected chi connectivity index (χ0v) is 10.4. The van der Waals surface area contributed by atoms with Crippen molar-refractivity contribution in [2.75, 3.05) is 12.3 Å². The molecule has 0 aliphatic heterocycles. The Balaban J connectivity index is 1.94. The highest BCUT2D eigenvalue weighted by molar-refractivity contribution is 5.99. The number of aromatic nitrogens is 3. The van der Waals surface area contributed by atoms with Gasteiger partial charge in [-0.1, -0.05) is 0 Å². The fourth-order valence-corrected chi connectivity index (χ4v) is 1.64.